The first kappa shape index (κ1) is 12.2. The van der Waals surface area contributed by atoms with Gasteiger partial charge in [0.15, 0.2) is 0 Å². The highest BCUT2D eigenvalue weighted by atomic mass is 79.9. The number of hydrogen-bond acceptors (Lipinski definition) is 3. The molecule has 3 N–H and O–H groups in total. The monoisotopic (exact) mass is 295 g/mol. The third-order valence-corrected chi connectivity index (χ3v) is 2.89. The molecule has 0 aliphatic rings. The lowest BCUT2D eigenvalue weighted by molar-refractivity contribution is 0.608. The predicted octanol–water partition coefficient (Wildman–Crippen LogP) is 2.54. The maximum Gasteiger partial charge on any atom is 0.123 e. The van der Waals surface area contributed by atoms with Crippen molar-refractivity contribution in [3.63, 3.8) is 0 Å². The fraction of sp³-hybridized carbons (Fsp3) is 0.0833. The van der Waals surface area contributed by atoms with Crippen molar-refractivity contribution >= 4 is 15.9 Å². The van der Waals surface area contributed by atoms with E-state index in [2.05, 4.69) is 26.3 Å². The van der Waals surface area contributed by atoms with Crippen LogP contribution < -0.4 is 11.3 Å². The molecule has 2 aromatic rings. The average molecular weight is 296 g/mol. The third kappa shape index (κ3) is 2.88. The Hall–Kier alpha value is -1.30. The maximum atomic E-state index is 12.8. The zero-order valence-electron chi connectivity index (χ0n) is 8.90. The molecule has 1 aromatic heterocycles. The number of hydrazine groups is 1. The summed E-state index contributed by atoms with van der Waals surface area (Å²) in [7, 11) is 0. The number of hydrogen-bond donors (Lipinski definition) is 2. The lowest BCUT2D eigenvalue weighted by atomic mass is 10.0. The van der Waals surface area contributed by atoms with Gasteiger partial charge in [-0.3, -0.25) is 10.8 Å². The van der Waals surface area contributed by atoms with E-state index in [4.69, 9.17) is 5.84 Å². The summed E-state index contributed by atoms with van der Waals surface area (Å²) in [6, 6.07) is 9.67. The molecule has 1 heterocycles. The predicted molar refractivity (Wildman–Crippen MR) is 67.5 cm³/mol. The molecule has 5 heteroatoms. The van der Waals surface area contributed by atoms with Crippen LogP contribution in [0.1, 0.15) is 17.3 Å². The smallest absolute Gasteiger partial charge is 0.123 e. The molecular formula is C12H11BrFN3. The highest BCUT2D eigenvalue weighted by Gasteiger charge is 2.13. The second kappa shape index (κ2) is 5.35. The number of nitrogens with zero attached hydrogens (tertiary/aromatic N) is 1. The van der Waals surface area contributed by atoms with Crippen LogP contribution in [0.4, 0.5) is 4.39 Å². The molecule has 0 bridgehead atoms. The van der Waals surface area contributed by atoms with Crippen LogP contribution in [0.25, 0.3) is 0 Å². The van der Waals surface area contributed by atoms with Crippen LogP contribution in [0.15, 0.2) is 47.1 Å². The molecule has 1 unspecified atom stereocenters. The Morgan fingerprint density at radius 2 is 1.88 bits per heavy atom. The first-order valence-electron chi connectivity index (χ1n) is 5.04. The van der Waals surface area contributed by atoms with Crippen LogP contribution in [0.5, 0.6) is 0 Å². The fourth-order valence-corrected chi connectivity index (χ4v) is 1.80. The Kier molecular flexibility index (Phi) is 3.83. The van der Waals surface area contributed by atoms with Crippen molar-refractivity contribution in [3.8, 4) is 0 Å². The van der Waals surface area contributed by atoms with Crippen molar-refractivity contribution in [1.82, 2.24) is 10.4 Å². The Labute approximate surface area is 107 Å². The van der Waals surface area contributed by atoms with Crippen LogP contribution in [-0.4, -0.2) is 4.98 Å². The fourth-order valence-electron chi connectivity index (χ4n) is 1.57. The molecule has 0 spiro atoms. The van der Waals surface area contributed by atoms with E-state index in [1.54, 1.807) is 18.3 Å². The molecule has 0 aliphatic heterocycles. The lowest BCUT2D eigenvalue weighted by Gasteiger charge is -2.15. The number of halogens is 2. The number of nitrogens with one attached hydrogen (secondary N) is 1. The van der Waals surface area contributed by atoms with Gasteiger partial charge in [-0.2, -0.15) is 0 Å². The summed E-state index contributed by atoms with van der Waals surface area (Å²) in [5.41, 5.74) is 4.32. The summed E-state index contributed by atoms with van der Waals surface area (Å²) in [5, 5.41) is 0. The van der Waals surface area contributed by atoms with Crippen LogP contribution in [0.2, 0.25) is 0 Å². The van der Waals surface area contributed by atoms with Crippen molar-refractivity contribution in [2.45, 2.75) is 6.04 Å². The van der Waals surface area contributed by atoms with E-state index >= 15 is 0 Å². The van der Waals surface area contributed by atoms with Crippen LogP contribution in [0.3, 0.4) is 0 Å². The minimum atomic E-state index is -0.270. The van der Waals surface area contributed by atoms with Crippen molar-refractivity contribution < 1.29 is 4.39 Å². The Morgan fingerprint density at radius 3 is 2.41 bits per heavy atom. The Morgan fingerprint density at radius 1 is 1.18 bits per heavy atom. The maximum absolute atomic E-state index is 12.8. The van der Waals surface area contributed by atoms with Crippen molar-refractivity contribution in [2.75, 3.05) is 0 Å². The second-order valence-corrected chi connectivity index (χ2v) is 4.47. The molecule has 0 fully saturated rings. The number of aromatic nitrogens is 1. The van der Waals surface area contributed by atoms with Gasteiger partial charge in [-0.15, -0.1) is 0 Å². The summed E-state index contributed by atoms with van der Waals surface area (Å²) in [6.45, 7) is 0. The molecule has 88 valence electrons. The molecule has 1 atom stereocenters. The number of pyridine rings is 1. The van der Waals surface area contributed by atoms with Crippen LogP contribution in [0, 0.1) is 5.82 Å². The van der Waals surface area contributed by atoms with Gasteiger partial charge in [0.05, 0.1) is 11.7 Å². The molecule has 0 aliphatic carbocycles. The van der Waals surface area contributed by atoms with Gasteiger partial charge in [0.1, 0.15) is 5.82 Å². The first-order valence-corrected chi connectivity index (χ1v) is 5.83. The lowest BCUT2D eigenvalue weighted by Crippen LogP contribution is -2.29. The molecule has 0 amide bonds. The SMILES string of the molecule is NNC(c1ccc(F)cc1)c1ccc(Br)cn1. The largest absolute Gasteiger partial charge is 0.271 e. The van der Waals surface area contributed by atoms with Gasteiger partial charge in [0, 0.05) is 10.7 Å². The van der Waals surface area contributed by atoms with Gasteiger partial charge >= 0.3 is 0 Å². The van der Waals surface area contributed by atoms with E-state index in [0.717, 1.165) is 15.7 Å². The number of rotatable bonds is 3. The van der Waals surface area contributed by atoms with Gasteiger partial charge in [0.2, 0.25) is 0 Å². The summed E-state index contributed by atoms with van der Waals surface area (Å²) in [6.07, 6.45) is 1.70. The number of nitrogens with two attached hydrogens (primary N) is 1. The zero-order valence-corrected chi connectivity index (χ0v) is 10.5. The average Bonchev–Trinajstić information content (AvgIpc) is 2.35. The summed E-state index contributed by atoms with van der Waals surface area (Å²) >= 11 is 3.32. The minimum absolute atomic E-state index is 0.247. The normalized spacial score (nSPS) is 12.4. The number of benzene rings is 1. The highest BCUT2D eigenvalue weighted by Crippen LogP contribution is 2.20. The van der Waals surface area contributed by atoms with E-state index in [0.29, 0.717) is 0 Å². The van der Waals surface area contributed by atoms with E-state index < -0.39 is 0 Å². The molecule has 0 radical (unpaired) electrons. The first-order chi connectivity index (χ1) is 8.20. The molecule has 0 saturated carbocycles. The third-order valence-electron chi connectivity index (χ3n) is 2.42. The Bertz CT molecular complexity index is 439. The summed E-state index contributed by atoms with van der Waals surface area (Å²) < 4.78 is 13.7. The molecule has 0 saturated heterocycles. The van der Waals surface area contributed by atoms with Gasteiger partial charge < -0.3 is 0 Å². The van der Waals surface area contributed by atoms with E-state index in [1.807, 2.05) is 12.1 Å². The minimum Gasteiger partial charge on any atom is -0.271 e. The zero-order chi connectivity index (χ0) is 12.3. The van der Waals surface area contributed by atoms with Crippen molar-refractivity contribution in [1.29, 1.82) is 0 Å². The van der Waals surface area contributed by atoms with E-state index in [-0.39, 0.29) is 11.9 Å². The van der Waals surface area contributed by atoms with E-state index in [9.17, 15) is 4.39 Å². The van der Waals surface area contributed by atoms with Crippen molar-refractivity contribution in [2.24, 2.45) is 5.84 Å². The standard InChI is InChI=1S/C12H11BrFN3/c13-9-3-6-11(16-7-9)12(17-15)8-1-4-10(14)5-2-8/h1-7,12,17H,15H2. The molecular weight excluding hydrogens is 285 g/mol. The van der Waals surface area contributed by atoms with Gasteiger partial charge in [0.25, 0.3) is 0 Å². The molecule has 1 aromatic carbocycles. The molecule has 3 nitrogen and oxygen atoms in total. The van der Waals surface area contributed by atoms with Gasteiger partial charge in [-0.05, 0) is 45.8 Å². The topological polar surface area (TPSA) is 50.9 Å². The summed E-state index contributed by atoms with van der Waals surface area (Å²) in [5.74, 6) is 5.25. The molecule has 17 heavy (non-hydrogen) atoms. The highest BCUT2D eigenvalue weighted by molar-refractivity contribution is 9.10. The Balaban J connectivity index is 2.33. The van der Waals surface area contributed by atoms with Gasteiger partial charge in [-0.1, -0.05) is 12.1 Å². The van der Waals surface area contributed by atoms with Crippen LogP contribution in [-0.2, 0) is 0 Å². The summed E-state index contributed by atoms with van der Waals surface area (Å²) in [4.78, 5) is 4.27. The van der Waals surface area contributed by atoms with Crippen molar-refractivity contribution in [3.05, 3.63) is 64.1 Å². The second-order valence-electron chi connectivity index (χ2n) is 3.55. The van der Waals surface area contributed by atoms with Gasteiger partial charge in [-0.25, -0.2) is 9.82 Å². The molecule has 2 rings (SSSR count). The quantitative estimate of drug-likeness (QED) is 0.676. The van der Waals surface area contributed by atoms with Crippen LogP contribution >= 0.6 is 15.9 Å². The van der Waals surface area contributed by atoms with E-state index in [1.165, 1.54) is 12.1 Å².